The molecule has 1 rings (SSSR count). The molecule has 0 atom stereocenters. The Hall–Kier alpha value is -0.673. The average Bonchev–Trinajstić information content (AvgIpc) is 1.96. The number of benzene rings is 1. The summed E-state index contributed by atoms with van der Waals surface area (Å²) in [6.07, 6.45) is 0. The summed E-state index contributed by atoms with van der Waals surface area (Å²) in [5.74, 6) is 0.701. The number of anilines is 1. The summed E-state index contributed by atoms with van der Waals surface area (Å²) >= 11 is 5.85. The van der Waals surface area contributed by atoms with E-state index in [2.05, 4.69) is 19.6 Å². The van der Waals surface area contributed by atoms with Crippen molar-refractivity contribution in [2.24, 2.45) is 0 Å². The van der Waals surface area contributed by atoms with Crippen LogP contribution >= 0.6 is 11.6 Å². The van der Waals surface area contributed by atoms with Gasteiger partial charge in [0.1, 0.15) is 5.75 Å². The van der Waals surface area contributed by atoms with Crippen molar-refractivity contribution in [1.29, 1.82) is 0 Å². The maximum Gasteiger partial charge on any atom is 0.242 e. The topological polar surface area (TPSA) is 35.2 Å². The Labute approximate surface area is 84.8 Å². The van der Waals surface area contributed by atoms with Crippen LogP contribution in [0.15, 0.2) is 18.2 Å². The molecule has 0 aromatic heterocycles. The van der Waals surface area contributed by atoms with Crippen molar-refractivity contribution < 1.29 is 4.43 Å². The SMILES string of the molecule is C[Si](C)(C)Oc1cccc(Cl)c1N. The third-order valence-corrected chi connectivity index (χ3v) is 2.59. The fourth-order valence-electron chi connectivity index (χ4n) is 0.936. The van der Waals surface area contributed by atoms with Gasteiger partial charge in [0.15, 0.2) is 0 Å². The van der Waals surface area contributed by atoms with Crippen molar-refractivity contribution in [2.75, 3.05) is 5.73 Å². The van der Waals surface area contributed by atoms with Gasteiger partial charge in [-0.05, 0) is 31.8 Å². The van der Waals surface area contributed by atoms with Crippen LogP contribution in [0, 0.1) is 0 Å². The molecule has 72 valence electrons. The van der Waals surface area contributed by atoms with Crippen molar-refractivity contribution in [3.63, 3.8) is 0 Å². The van der Waals surface area contributed by atoms with Crippen LogP contribution in [-0.4, -0.2) is 8.32 Å². The lowest BCUT2D eigenvalue weighted by Gasteiger charge is -2.20. The molecule has 2 nitrogen and oxygen atoms in total. The lowest BCUT2D eigenvalue weighted by atomic mass is 10.3. The summed E-state index contributed by atoms with van der Waals surface area (Å²) in [5.41, 5.74) is 6.29. The molecule has 0 amide bonds. The van der Waals surface area contributed by atoms with Crippen molar-refractivity contribution in [3.05, 3.63) is 23.2 Å². The molecule has 0 bridgehead atoms. The van der Waals surface area contributed by atoms with Gasteiger partial charge in [-0.3, -0.25) is 0 Å². The molecule has 4 heteroatoms. The van der Waals surface area contributed by atoms with Crippen LogP contribution in [-0.2, 0) is 0 Å². The van der Waals surface area contributed by atoms with E-state index < -0.39 is 8.32 Å². The molecule has 0 aliphatic carbocycles. The maximum absolute atomic E-state index is 5.85. The Balaban J connectivity index is 2.96. The molecular weight excluding hydrogens is 202 g/mol. The van der Waals surface area contributed by atoms with Crippen LogP contribution in [0.4, 0.5) is 5.69 Å². The molecule has 1 aromatic carbocycles. The van der Waals surface area contributed by atoms with E-state index in [1.807, 2.05) is 12.1 Å². The van der Waals surface area contributed by atoms with Gasteiger partial charge in [-0.25, -0.2) is 0 Å². The van der Waals surface area contributed by atoms with E-state index in [0.29, 0.717) is 16.5 Å². The monoisotopic (exact) mass is 215 g/mol. The van der Waals surface area contributed by atoms with E-state index in [1.165, 1.54) is 0 Å². The van der Waals surface area contributed by atoms with Gasteiger partial charge in [0, 0.05) is 0 Å². The van der Waals surface area contributed by atoms with E-state index in [1.54, 1.807) is 6.07 Å². The highest BCUT2D eigenvalue weighted by Crippen LogP contribution is 2.30. The quantitative estimate of drug-likeness (QED) is 0.608. The number of halogens is 1. The average molecular weight is 216 g/mol. The minimum absolute atomic E-state index is 0.534. The largest absolute Gasteiger partial charge is 0.543 e. The molecule has 0 heterocycles. The summed E-state index contributed by atoms with van der Waals surface area (Å²) in [4.78, 5) is 0. The van der Waals surface area contributed by atoms with Crippen LogP contribution in [0.1, 0.15) is 0 Å². The Morgan fingerprint density at radius 2 is 1.92 bits per heavy atom. The molecule has 0 aliphatic rings. The third kappa shape index (κ3) is 2.93. The van der Waals surface area contributed by atoms with Crippen molar-refractivity contribution >= 4 is 25.6 Å². The van der Waals surface area contributed by atoms with Gasteiger partial charge in [-0.2, -0.15) is 0 Å². The highest BCUT2D eigenvalue weighted by atomic mass is 35.5. The Kier molecular flexibility index (Phi) is 2.88. The van der Waals surface area contributed by atoms with Crippen molar-refractivity contribution in [1.82, 2.24) is 0 Å². The predicted octanol–water partition coefficient (Wildman–Crippen LogP) is 3.14. The summed E-state index contributed by atoms with van der Waals surface area (Å²) < 4.78 is 5.74. The lowest BCUT2D eigenvalue weighted by Crippen LogP contribution is -2.29. The third-order valence-electron chi connectivity index (χ3n) is 1.43. The molecule has 0 aliphatic heterocycles. The van der Waals surface area contributed by atoms with Gasteiger partial charge in [-0.1, -0.05) is 17.7 Å². The lowest BCUT2D eigenvalue weighted by molar-refractivity contribution is 0.560. The van der Waals surface area contributed by atoms with Crippen molar-refractivity contribution in [2.45, 2.75) is 19.6 Å². The second-order valence-electron chi connectivity index (χ2n) is 3.87. The minimum atomic E-state index is -1.59. The number of para-hydroxylation sites is 1. The molecule has 1 aromatic rings. The molecule has 0 fully saturated rings. The molecule has 0 saturated heterocycles. The molecule has 13 heavy (non-hydrogen) atoms. The number of nitrogen functional groups attached to an aromatic ring is 1. The second kappa shape index (κ2) is 3.60. The van der Waals surface area contributed by atoms with Crippen LogP contribution < -0.4 is 10.2 Å². The summed E-state index contributed by atoms with van der Waals surface area (Å²) in [5, 5.41) is 0.552. The summed E-state index contributed by atoms with van der Waals surface area (Å²) in [6, 6.07) is 5.45. The predicted molar refractivity (Wildman–Crippen MR) is 59.8 cm³/mol. The second-order valence-corrected chi connectivity index (χ2v) is 8.70. The Morgan fingerprint density at radius 3 is 2.46 bits per heavy atom. The fourth-order valence-corrected chi connectivity index (χ4v) is 1.94. The van der Waals surface area contributed by atoms with Crippen LogP contribution in [0.25, 0.3) is 0 Å². The van der Waals surface area contributed by atoms with Gasteiger partial charge in [-0.15, -0.1) is 0 Å². The van der Waals surface area contributed by atoms with Crippen LogP contribution in [0.5, 0.6) is 5.75 Å². The molecule has 0 saturated carbocycles. The van der Waals surface area contributed by atoms with Gasteiger partial charge in [0.05, 0.1) is 10.7 Å². The number of nitrogens with two attached hydrogens (primary N) is 1. The first-order valence-electron chi connectivity index (χ1n) is 4.13. The zero-order valence-corrected chi connectivity index (χ0v) is 9.85. The first kappa shape index (κ1) is 10.4. The van der Waals surface area contributed by atoms with Crippen LogP contribution in [0.3, 0.4) is 0 Å². The molecular formula is C9H14ClNOSi. The molecule has 2 N–H and O–H groups in total. The first-order chi connectivity index (χ1) is 5.90. The Bertz CT molecular complexity index is 309. The zero-order chi connectivity index (χ0) is 10.1. The number of rotatable bonds is 2. The highest BCUT2D eigenvalue weighted by Gasteiger charge is 2.18. The van der Waals surface area contributed by atoms with E-state index >= 15 is 0 Å². The molecule has 0 radical (unpaired) electrons. The van der Waals surface area contributed by atoms with Crippen LogP contribution in [0.2, 0.25) is 24.7 Å². The first-order valence-corrected chi connectivity index (χ1v) is 7.92. The van der Waals surface area contributed by atoms with Crippen molar-refractivity contribution in [3.8, 4) is 5.75 Å². The standard InChI is InChI=1S/C9H14ClNOSi/c1-13(2,3)12-8-6-4-5-7(10)9(8)11/h4-6H,11H2,1-3H3. The van der Waals surface area contributed by atoms with E-state index in [0.717, 1.165) is 0 Å². The minimum Gasteiger partial charge on any atom is -0.543 e. The molecule has 0 spiro atoms. The van der Waals surface area contributed by atoms with E-state index in [-0.39, 0.29) is 0 Å². The summed E-state index contributed by atoms with van der Waals surface area (Å²) in [6.45, 7) is 6.31. The maximum atomic E-state index is 5.85. The Morgan fingerprint density at radius 1 is 1.31 bits per heavy atom. The molecule has 0 unspecified atom stereocenters. The van der Waals surface area contributed by atoms with E-state index in [4.69, 9.17) is 21.8 Å². The van der Waals surface area contributed by atoms with Gasteiger partial charge in [0.2, 0.25) is 8.32 Å². The van der Waals surface area contributed by atoms with Gasteiger partial charge < -0.3 is 10.2 Å². The summed E-state index contributed by atoms with van der Waals surface area (Å²) in [7, 11) is -1.59. The van der Waals surface area contributed by atoms with Gasteiger partial charge >= 0.3 is 0 Å². The fraction of sp³-hybridized carbons (Fsp3) is 0.333. The van der Waals surface area contributed by atoms with E-state index in [9.17, 15) is 0 Å². The normalized spacial score (nSPS) is 11.4. The number of hydrogen-bond donors (Lipinski definition) is 1. The zero-order valence-electron chi connectivity index (χ0n) is 8.10. The smallest absolute Gasteiger partial charge is 0.242 e. The highest BCUT2D eigenvalue weighted by molar-refractivity contribution is 6.70. The number of hydrogen-bond acceptors (Lipinski definition) is 2. The van der Waals surface area contributed by atoms with Gasteiger partial charge in [0.25, 0.3) is 0 Å².